The number of carbonyl (C=O) groups excluding carboxylic acids is 1. The Balaban J connectivity index is 1.98. The van der Waals surface area contributed by atoms with E-state index in [1.54, 1.807) is 18.2 Å². The van der Waals surface area contributed by atoms with Crippen LogP contribution in [0, 0.1) is 17.0 Å². The summed E-state index contributed by atoms with van der Waals surface area (Å²) in [5.41, 5.74) is 1.29. The molecule has 0 fully saturated rings. The number of amides is 1. The van der Waals surface area contributed by atoms with Crippen molar-refractivity contribution in [3.05, 3.63) is 62.1 Å². The van der Waals surface area contributed by atoms with Crippen LogP contribution in [0.2, 0.25) is 10.0 Å². The maximum atomic E-state index is 11.9. The summed E-state index contributed by atoms with van der Waals surface area (Å²) in [5, 5.41) is 13.9. The number of ether oxygens (including phenoxy) is 1. The van der Waals surface area contributed by atoms with E-state index in [2.05, 4.69) is 5.32 Å². The van der Waals surface area contributed by atoms with E-state index in [1.165, 1.54) is 12.1 Å². The van der Waals surface area contributed by atoms with Gasteiger partial charge in [0.05, 0.1) is 9.95 Å². The predicted octanol–water partition coefficient (Wildman–Crippen LogP) is 4.23. The number of rotatable bonds is 5. The molecule has 0 radical (unpaired) electrons. The zero-order valence-corrected chi connectivity index (χ0v) is 13.5. The molecule has 0 spiro atoms. The standard InChI is InChI=1S/C15H12Cl2N2O4/c1-9-6-10(16)2-4-13(9)18-15(20)8-23-14-5-3-11(19(21)22)7-12(14)17/h2-7H,8H2,1H3,(H,18,20). The molecule has 0 aliphatic rings. The van der Waals surface area contributed by atoms with E-state index < -0.39 is 4.92 Å². The van der Waals surface area contributed by atoms with Gasteiger partial charge in [-0.25, -0.2) is 0 Å². The van der Waals surface area contributed by atoms with Crippen molar-refractivity contribution < 1.29 is 14.5 Å². The molecular weight excluding hydrogens is 343 g/mol. The summed E-state index contributed by atoms with van der Waals surface area (Å²) in [6.45, 7) is 1.54. The quantitative estimate of drug-likeness (QED) is 0.643. The minimum atomic E-state index is -0.564. The molecule has 120 valence electrons. The van der Waals surface area contributed by atoms with Gasteiger partial charge in [-0.1, -0.05) is 23.2 Å². The molecule has 1 amide bonds. The van der Waals surface area contributed by atoms with Gasteiger partial charge in [-0.05, 0) is 36.8 Å². The van der Waals surface area contributed by atoms with Gasteiger partial charge in [0.25, 0.3) is 11.6 Å². The van der Waals surface area contributed by atoms with Gasteiger partial charge in [-0.2, -0.15) is 0 Å². The van der Waals surface area contributed by atoms with Gasteiger partial charge in [0, 0.05) is 22.8 Å². The fourth-order valence-electron chi connectivity index (χ4n) is 1.82. The van der Waals surface area contributed by atoms with Crippen LogP contribution >= 0.6 is 23.2 Å². The molecule has 2 rings (SSSR count). The Morgan fingerprint density at radius 3 is 2.61 bits per heavy atom. The van der Waals surface area contributed by atoms with E-state index in [4.69, 9.17) is 27.9 Å². The van der Waals surface area contributed by atoms with Crippen LogP contribution in [0.25, 0.3) is 0 Å². The number of nitrogens with zero attached hydrogens (tertiary/aromatic N) is 1. The zero-order valence-electron chi connectivity index (χ0n) is 12.0. The maximum Gasteiger partial charge on any atom is 0.271 e. The summed E-state index contributed by atoms with van der Waals surface area (Å²) in [5.74, 6) is -0.190. The summed E-state index contributed by atoms with van der Waals surface area (Å²) in [6, 6.07) is 8.85. The first-order chi connectivity index (χ1) is 10.9. The van der Waals surface area contributed by atoms with Crippen molar-refractivity contribution in [3.8, 4) is 5.75 Å². The van der Waals surface area contributed by atoms with Gasteiger partial charge in [-0.15, -0.1) is 0 Å². The molecule has 0 saturated heterocycles. The Hall–Kier alpha value is -2.31. The van der Waals surface area contributed by atoms with Crippen LogP contribution in [0.5, 0.6) is 5.75 Å². The van der Waals surface area contributed by atoms with E-state index in [9.17, 15) is 14.9 Å². The third-order valence-corrected chi connectivity index (χ3v) is 3.48. The largest absolute Gasteiger partial charge is 0.482 e. The molecule has 0 unspecified atom stereocenters. The molecule has 1 N–H and O–H groups in total. The highest BCUT2D eigenvalue weighted by atomic mass is 35.5. The summed E-state index contributed by atoms with van der Waals surface area (Å²) >= 11 is 11.7. The SMILES string of the molecule is Cc1cc(Cl)ccc1NC(=O)COc1ccc([N+](=O)[O-])cc1Cl. The van der Waals surface area contributed by atoms with Crippen molar-refractivity contribution in [3.63, 3.8) is 0 Å². The maximum absolute atomic E-state index is 11.9. The van der Waals surface area contributed by atoms with Crippen LogP contribution in [0.3, 0.4) is 0 Å². The first-order valence-electron chi connectivity index (χ1n) is 6.49. The summed E-state index contributed by atoms with van der Waals surface area (Å²) in [7, 11) is 0. The van der Waals surface area contributed by atoms with Crippen molar-refractivity contribution in [1.82, 2.24) is 0 Å². The minimum Gasteiger partial charge on any atom is -0.482 e. The normalized spacial score (nSPS) is 10.2. The lowest BCUT2D eigenvalue weighted by Crippen LogP contribution is -2.20. The Morgan fingerprint density at radius 1 is 1.26 bits per heavy atom. The average Bonchev–Trinajstić information content (AvgIpc) is 2.48. The molecule has 8 heteroatoms. The van der Waals surface area contributed by atoms with Crippen LogP contribution < -0.4 is 10.1 Å². The zero-order chi connectivity index (χ0) is 17.0. The lowest BCUT2D eigenvalue weighted by atomic mass is 10.2. The molecule has 0 atom stereocenters. The fourth-order valence-corrected chi connectivity index (χ4v) is 2.27. The third-order valence-electron chi connectivity index (χ3n) is 2.95. The molecular formula is C15H12Cl2N2O4. The minimum absolute atomic E-state index is 0.0645. The molecule has 2 aromatic carbocycles. The number of non-ortho nitro benzene ring substituents is 1. The van der Waals surface area contributed by atoms with Gasteiger partial charge in [0.1, 0.15) is 5.75 Å². The van der Waals surface area contributed by atoms with E-state index in [1.807, 2.05) is 6.92 Å². The molecule has 0 saturated carbocycles. The number of nitro groups is 1. The fraction of sp³-hybridized carbons (Fsp3) is 0.133. The van der Waals surface area contributed by atoms with Gasteiger partial charge >= 0.3 is 0 Å². The van der Waals surface area contributed by atoms with E-state index >= 15 is 0 Å². The van der Waals surface area contributed by atoms with Crippen LogP contribution in [-0.4, -0.2) is 17.4 Å². The predicted molar refractivity (Wildman–Crippen MR) is 88.4 cm³/mol. The molecule has 0 bridgehead atoms. The van der Waals surface area contributed by atoms with Crippen LogP contribution in [-0.2, 0) is 4.79 Å². The molecule has 6 nitrogen and oxygen atoms in total. The highest BCUT2D eigenvalue weighted by Crippen LogP contribution is 2.28. The molecule has 0 heterocycles. The second kappa shape index (κ2) is 7.30. The molecule has 0 aliphatic heterocycles. The van der Waals surface area contributed by atoms with Gasteiger partial charge < -0.3 is 10.1 Å². The van der Waals surface area contributed by atoms with Gasteiger partial charge in [-0.3, -0.25) is 14.9 Å². The number of hydrogen-bond donors (Lipinski definition) is 1. The van der Waals surface area contributed by atoms with Gasteiger partial charge in [0.15, 0.2) is 6.61 Å². The van der Waals surface area contributed by atoms with Crippen LogP contribution in [0.4, 0.5) is 11.4 Å². The highest BCUT2D eigenvalue weighted by Gasteiger charge is 2.12. The summed E-state index contributed by atoms with van der Waals surface area (Å²) < 4.78 is 5.28. The van der Waals surface area contributed by atoms with Gasteiger partial charge in [0.2, 0.25) is 0 Å². The molecule has 0 aliphatic carbocycles. The van der Waals surface area contributed by atoms with Crippen molar-refractivity contribution in [2.45, 2.75) is 6.92 Å². The van der Waals surface area contributed by atoms with Crippen LogP contribution in [0.15, 0.2) is 36.4 Å². The Morgan fingerprint density at radius 2 is 2.00 bits per heavy atom. The summed E-state index contributed by atoms with van der Waals surface area (Å²) in [6.07, 6.45) is 0. The Labute approximate surface area is 142 Å². The number of hydrogen-bond acceptors (Lipinski definition) is 4. The highest BCUT2D eigenvalue weighted by molar-refractivity contribution is 6.32. The summed E-state index contributed by atoms with van der Waals surface area (Å²) in [4.78, 5) is 21.9. The van der Waals surface area contributed by atoms with Crippen molar-refractivity contribution in [1.29, 1.82) is 0 Å². The molecule has 0 aromatic heterocycles. The number of nitro benzene ring substituents is 1. The number of halogens is 2. The topological polar surface area (TPSA) is 81.5 Å². The van der Waals surface area contributed by atoms with Crippen molar-refractivity contribution in [2.75, 3.05) is 11.9 Å². The van der Waals surface area contributed by atoms with Crippen molar-refractivity contribution in [2.24, 2.45) is 0 Å². The first-order valence-corrected chi connectivity index (χ1v) is 7.25. The van der Waals surface area contributed by atoms with Crippen LogP contribution in [0.1, 0.15) is 5.56 Å². The number of carbonyl (C=O) groups is 1. The molecule has 23 heavy (non-hydrogen) atoms. The number of anilines is 1. The number of aryl methyl sites for hydroxylation is 1. The van der Waals surface area contributed by atoms with Crippen molar-refractivity contribution >= 4 is 40.5 Å². The van der Waals surface area contributed by atoms with E-state index in [0.29, 0.717) is 10.7 Å². The van der Waals surface area contributed by atoms with E-state index in [-0.39, 0.29) is 29.0 Å². The number of nitrogens with one attached hydrogen (secondary N) is 1. The Kier molecular flexibility index (Phi) is 5.41. The van der Waals surface area contributed by atoms with E-state index in [0.717, 1.165) is 11.6 Å². The molecule has 2 aromatic rings. The smallest absolute Gasteiger partial charge is 0.271 e. The average molecular weight is 355 g/mol. The second-order valence-electron chi connectivity index (χ2n) is 4.67. The first kappa shape index (κ1) is 17.1. The second-order valence-corrected chi connectivity index (χ2v) is 5.51. The number of benzene rings is 2. The lowest BCUT2D eigenvalue weighted by molar-refractivity contribution is -0.384. The lowest BCUT2D eigenvalue weighted by Gasteiger charge is -2.10. The monoisotopic (exact) mass is 354 g/mol. The third kappa shape index (κ3) is 4.58. The Bertz CT molecular complexity index is 765.